The fraction of sp³-hybridized carbons (Fsp3) is 0.389. The third-order valence-corrected chi connectivity index (χ3v) is 4.08. The first-order valence-corrected chi connectivity index (χ1v) is 8.13. The molecular weight excluding hydrogens is 302 g/mol. The number of benzene rings is 1. The smallest absolute Gasteiger partial charge is 0.228 e. The van der Waals surface area contributed by atoms with Crippen molar-refractivity contribution in [3.8, 4) is 5.75 Å². The summed E-state index contributed by atoms with van der Waals surface area (Å²) in [6, 6.07) is 7.99. The fourth-order valence-electron chi connectivity index (χ4n) is 2.80. The van der Waals surface area contributed by atoms with Gasteiger partial charge in [0.05, 0.1) is 19.3 Å². The third kappa shape index (κ3) is 2.91. The molecule has 0 unspecified atom stereocenters. The van der Waals surface area contributed by atoms with Crippen LogP contribution in [-0.2, 0) is 0 Å². The molecule has 1 aromatic carbocycles. The predicted molar refractivity (Wildman–Crippen MR) is 94.6 cm³/mol. The van der Waals surface area contributed by atoms with E-state index >= 15 is 0 Å². The number of methoxy groups -OCH3 is 1. The van der Waals surface area contributed by atoms with Crippen molar-refractivity contribution in [1.29, 1.82) is 0 Å². The van der Waals surface area contributed by atoms with Gasteiger partial charge in [-0.25, -0.2) is 4.98 Å². The molecule has 0 saturated carbocycles. The molecule has 0 aliphatic carbocycles. The summed E-state index contributed by atoms with van der Waals surface area (Å²) in [5, 5.41) is 7.91. The summed E-state index contributed by atoms with van der Waals surface area (Å²) in [5.74, 6) is 2.61. The van der Waals surface area contributed by atoms with E-state index in [-0.39, 0.29) is 6.04 Å². The Morgan fingerprint density at radius 1 is 1.08 bits per heavy atom. The largest absolute Gasteiger partial charge is 0.496 e. The summed E-state index contributed by atoms with van der Waals surface area (Å²) in [6.45, 7) is 8.25. The summed E-state index contributed by atoms with van der Waals surface area (Å²) < 4.78 is 7.23. The van der Waals surface area contributed by atoms with E-state index in [2.05, 4.69) is 41.2 Å². The Balaban J connectivity index is 2.01. The van der Waals surface area contributed by atoms with Crippen LogP contribution in [-0.4, -0.2) is 26.7 Å². The molecule has 3 aromatic rings. The Kier molecular flexibility index (Phi) is 4.38. The summed E-state index contributed by atoms with van der Waals surface area (Å²) in [7, 11) is 1.68. The Labute approximate surface area is 141 Å². The number of aromatic nitrogens is 4. The zero-order chi connectivity index (χ0) is 17.3. The molecule has 0 aliphatic rings. The molecule has 0 amide bonds. The molecule has 1 atom stereocenters. The lowest BCUT2D eigenvalue weighted by Gasteiger charge is -2.18. The molecule has 0 saturated heterocycles. The maximum Gasteiger partial charge on any atom is 0.228 e. The molecule has 126 valence electrons. The molecule has 24 heavy (non-hydrogen) atoms. The monoisotopic (exact) mass is 325 g/mol. The Morgan fingerprint density at radius 3 is 2.54 bits per heavy atom. The van der Waals surface area contributed by atoms with E-state index in [9.17, 15) is 0 Å². The van der Waals surface area contributed by atoms with Gasteiger partial charge in [-0.1, -0.05) is 32.0 Å². The fourth-order valence-corrected chi connectivity index (χ4v) is 2.80. The van der Waals surface area contributed by atoms with Gasteiger partial charge in [0.25, 0.3) is 0 Å². The van der Waals surface area contributed by atoms with Crippen LogP contribution in [0.5, 0.6) is 5.75 Å². The number of hydrogen-bond acceptors (Lipinski definition) is 5. The topological polar surface area (TPSA) is 64.3 Å². The first kappa shape index (κ1) is 16.2. The first-order chi connectivity index (χ1) is 11.5. The van der Waals surface area contributed by atoms with Crippen LogP contribution in [0.2, 0.25) is 0 Å². The van der Waals surface area contributed by atoms with E-state index < -0.39 is 0 Å². The van der Waals surface area contributed by atoms with Gasteiger partial charge in [0, 0.05) is 11.1 Å². The van der Waals surface area contributed by atoms with Crippen molar-refractivity contribution in [2.75, 3.05) is 12.4 Å². The SMILES string of the molecule is COc1ccccc1[C@H](C)Nc1nc(C)nc2c(C(C)C)cnn12. The second kappa shape index (κ2) is 6.47. The Bertz CT molecular complexity index is 856. The average molecular weight is 325 g/mol. The van der Waals surface area contributed by atoms with Crippen molar-refractivity contribution in [2.24, 2.45) is 0 Å². The normalized spacial score (nSPS) is 12.6. The zero-order valence-electron chi connectivity index (χ0n) is 14.7. The van der Waals surface area contributed by atoms with Gasteiger partial charge in [-0.2, -0.15) is 14.6 Å². The van der Waals surface area contributed by atoms with E-state index in [1.807, 2.05) is 37.4 Å². The van der Waals surface area contributed by atoms with Crippen LogP contribution < -0.4 is 10.1 Å². The van der Waals surface area contributed by atoms with Gasteiger partial charge < -0.3 is 10.1 Å². The predicted octanol–water partition coefficient (Wildman–Crippen LogP) is 3.74. The van der Waals surface area contributed by atoms with Gasteiger partial charge in [0.1, 0.15) is 11.6 Å². The molecule has 2 heterocycles. The second-order valence-electron chi connectivity index (χ2n) is 6.19. The number of nitrogens with one attached hydrogen (secondary N) is 1. The third-order valence-electron chi connectivity index (χ3n) is 4.08. The highest BCUT2D eigenvalue weighted by molar-refractivity contribution is 5.53. The van der Waals surface area contributed by atoms with Gasteiger partial charge in [-0.3, -0.25) is 0 Å². The van der Waals surface area contributed by atoms with Gasteiger partial charge in [-0.15, -0.1) is 0 Å². The van der Waals surface area contributed by atoms with Crippen molar-refractivity contribution in [3.05, 3.63) is 47.4 Å². The molecule has 0 radical (unpaired) electrons. The summed E-state index contributed by atoms with van der Waals surface area (Å²) >= 11 is 0. The maximum atomic E-state index is 5.46. The Hall–Kier alpha value is -2.63. The summed E-state index contributed by atoms with van der Waals surface area (Å²) in [5.41, 5.74) is 3.04. The summed E-state index contributed by atoms with van der Waals surface area (Å²) in [6.07, 6.45) is 1.87. The molecule has 2 aromatic heterocycles. The lowest BCUT2D eigenvalue weighted by atomic mass is 10.1. The van der Waals surface area contributed by atoms with Crippen LogP contribution in [0, 0.1) is 6.92 Å². The van der Waals surface area contributed by atoms with Crippen LogP contribution >= 0.6 is 0 Å². The molecular formula is C18H23N5O. The van der Waals surface area contributed by atoms with Crippen LogP contribution in [0.4, 0.5) is 5.95 Å². The lowest BCUT2D eigenvalue weighted by molar-refractivity contribution is 0.408. The van der Waals surface area contributed by atoms with E-state index in [1.54, 1.807) is 11.6 Å². The number of para-hydroxylation sites is 1. The van der Waals surface area contributed by atoms with Crippen molar-refractivity contribution >= 4 is 11.6 Å². The molecule has 1 N–H and O–H groups in total. The molecule has 0 fully saturated rings. The number of hydrogen-bond donors (Lipinski definition) is 1. The van der Waals surface area contributed by atoms with Gasteiger partial charge in [-0.05, 0) is 25.8 Å². The number of nitrogens with zero attached hydrogens (tertiary/aromatic N) is 4. The maximum absolute atomic E-state index is 5.46. The van der Waals surface area contributed by atoms with E-state index in [0.717, 1.165) is 28.3 Å². The minimum Gasteiger partial charge on any atom is -0.496 e. The molecule has 6 nitrogen and oxygen atoms in total. The van der Waals surface area contributed by atoms with Crippen LogP contribution in [0.25, 0.3) is 5.65 Å². The van der Waals surface area contributed by atoms with E-state index in [4.69, 9.17) is 4.74 Å². The first-order valence-electron chi connectivity index (χ1n) is 8.13. The number of fused-ring (bicyclic) bond motifs is 1. The number of rotatable bonds is 5. The summed E-state index contributed by atoms with van der Waals surface area (Å²) in [4.78, 5) is 9.09. The van der Waals surface area contributed by atoms with Crippen molar-refractivity contribution in [3.63, 3.8) is 0 Å². The number of anilines is 1. The highest BCUT2D eigenvalue weighted by Gasteiger charge is 2.17. The van der Waals surface area contributed by atoms with Crippen LogP contribution in [0.3, 0.4) is 0 Å². The second-order valence-corrected chi connectivity index (χ2v) is 6.19. The standard InChI is InChI=1S/C18H23N5O/c1-11(2)15-10-19-23-17(15)21-13(4)22-18(23)20-12(3)14-8-6-7-9-16(14)24-5/h6-12H,1-5H3,(H,20,21,22)/t12-/m0/s1. The number of aryl methyl sites for hydroxylation is 1. The average Bonchev–Trinajstić information content (AvgIpc) is 2.98. The van der Waals surface area contributed by atoms with Crippen LogP contribution in [0.15, 0.2) is 30.5 Å². The van der Waals surface area contributed by atoms with Gasteiger partial charge in [0.2, 0.25) is 5.95 Å². The highest BCUT2D eigenvalue weighted by Crippen LogP contribution is 2.28. The van der Waals surface area contributed by atoms with Crippen molar-refractivity contribution < 1.29 is 4.74 Å². The minimum atomic E-state index is 0.0188. The minimum absolute atomic E-state index is 0.0188. The lowest BCUT2D eigenvalue weighted by Crippen LogP contribution is -2.14. The number of ether oxygens (including phenoxy) is 1. The van der Waals surface area contributed by atoms with Crippen molar-refractivity contribution in [1.82, 2.24) is 19.6 Å². The van der Waals surface area contributed by atoms with E-state index in [1.165, 1.54) is 0 Å². The van der Waals surface area contributed by atoms with Gasteiger partial charge in [0.15, 0.2) is 5.65 Å². The molecule has 3 rings (SSSR count). The molecule has 6 heteroatoms. The van der Waals surface area contributed by atoms with Crippen LogP contribution in [0.1, 0.15) is 49.7 Å². The molecule has 0 spiro atoms. The molecule has 0 aliphatic heterocycles. The zero-order valence-corrected chi connectivity index (χ0v) is 14.7. The Morgan fingerprint density at radius 2 is 1.83 bits per heavy atom. The van der Waals surface area contributed by atoms with E-state index in [0.29, 0.717) is 11.9 Å². The molecule has 0 bridgehead atoms. The van der Waals surface area contributed by atoms with Crippen molar-refractivity contribution in [2.45, 2.75) is 39.7 Å². The highest BCUT2D eigenvalue weighted by atomic mass is 16.5. The quantitative estimate of drug-likeness (QED) is 0.774. The van der Waals surface area contributed by atoms with Gasteiger partial charge >= 0.3 is 0 Å².